The first-order valence-corrected chi connectivity index (χ1v) is 3.52. The highest BCUT2D eigenvalue weighted by Crippen LogP contribution is 2.08. The molecule has 0 fully saturated rings. The molecule has 10 heavy (non-hydrogen) atoms. The van der Waals surface area contributed by atoms with Gasteiger partial charge in [-0.25, -0.2) is 4.79 Å². The summed E-state index contributed by atoms with van der Waals surface area (Å²) in [6.07, 6.45) is 0. The predicted molar refractivity (Wildman–Crippen MR) is 42.1 cm³/mol. The molecule has 0 aromatic carbocycles. The van der Waals surface area contributed by atoms with Crippen molar-refractivity contribution in [1.29, 1.82) is 0 Å². The van der Waals surface area contributed by atoms with Crippen LogP contribution in [0.1, 0.15) is 0 Å². The molecule has 4 nitrogen and oxygen atoms in total. The molecule has 56 valence electrons. The average molecular weight is 198 g/mol. The minimum absolute atomic E-state index is 0.174. The summed E-state index contributed by atoms with van der Waals surface area (Å²) in [5.41, 5.74) is 0. The van der Waals surface area contributed by atoms with E-state index in [1.807, 2.05) is 0 Å². The van der Waals surface area contributed by atoms with E-state index in [1.165, 1.54) is 0 Å². The number of carbonyl (C=O) groups excluding carboxylic acids is 3. The van der Waals surface area contributed by atoms with Crippen LogP contribution in [0.25, 0.3) is 0 Å². The van der Waals surface area contributed by atoms with Gasteiger partial charge in [-0.15, -0.1) is 0 Å². The standard InChI is InChI=1S/C3H2O4S3/c4-1(2(5)8)7-10-3(6)9/h(H,5,8)(H,6,9). The monoisotopic (exact) mass is 198 g/mol. The van der Waals surface area contributed by atoms with Crippen molar-refractivity contribution in [2.45, 2.75) is 0 Å². The lowest BCUT2D eigenvalue weighted by atomic mass is 10.8. The summed E-state index contributed by atoms with van der Waals surface area (Å²) >= 11 is 6.56. The fraction of sp³-hybridized carbons (Fsp3) is 0. The molecule has 0 aliphatic rings. The summed E-state index contributed by atoms with van der Waals surface area (Å²) in [4.78, 5) is 30.2. The Labute approximate surface area is 71.7 Å². The fourth-order valence-corrected chi connectivity index (χ4v) is 0.551. The number of rotatable bonds is 1. The van der Waals surface area contributed by atoms with Crippen LogP contribution in [0, 0.1) is 0 Å². The van der Waals surface area contributed by atoms with E-state index in [4.69, 9.17) is 0 Å². The quantitative estimate of drug-likeness (QED) is 0.368. The van der Waals surface area contributed by atoms with Gasteiger partial charge in [0, 0.05) is 0 Å². The van der Waals surface area contributed by atoms with Crippen molar-refractivity contribution < 1.29 is 18.6 Å². The number of thiol groups is 2. The van der Waals surface area contributed by atoms with E-state index in [0.717, 1.165) is 0 Å². The lowest BCUT2D eigenvalue weighted by Gasteiger charge is -1.91. The molecule has 0 aromatic rings. The molecule has 0 atom stereocenters. The third-order valence-electron chi connectivity index (χ3n) is 0.363. The Hall–Kier alpha value is -0.140. The zero-order chi connectivity index (χ0) is 8.15. The maximum Gasteiger partial charge on any atom is 0.398 e. The topological polar surface area (TPSA) is 60.4 Å². The molecule has 0 unspecified atom stereocenters. The van der Waals surface area contributed by atoms with E-state index in [1.54, 1.807) is 0 Å². The van der Waals surface area contributed by atoms with Crippen LogP contribution < -0.4 is 0 Å². The van der Waals surface area contributed by atoms with Gasteiger partial charge in [0.1, 0.15) is 12.0 Å². The van der Waals surface area contributed by atoms with E-state index in [0.29, 0.717) is 0 Å². The second-order valence-corrected chi connectivity index (χ2v) is 2.84. The van der Waals surface area contributed by atoms with Gasteiger partial charge in [0.05, 0.1) is 0 Å². The van der Waals surface area contributed by atoms with Crippen LogP contribution in [0.4, 0.5) is 4.79 Å². The van der Waals surface area contributed by atoms with Gasteiger partial charge < -0.3 is 4.18 Å². The molecule has 0 rings (SSSR count). The Morgan fingerprint density at radius 1 is 1.20 bits per heavy atom. The van der Waals surface area contributed by atoms with E-state index in [2.05, 4.69) is 29.4 Å². The molecule has 0 aliphatic heterocycles. The van der Waals surface area contributed by atoms with Crippen LogP contribution in [-0.4, -0.2) is 15.5 Å². The van der Waals surface area contributed by atoms with Crippen molar-refractivity contribution in [3.63, 3.8) is 0 Å². The van der Waals surface area contributed by atoms with Gasteiger partial charge in [-0.05, 0) is 0 Å². The SMILES string of the molecule is O=C(S)SOC(=O)C(=O)S. The molecule has 0 amide bonds. The van der Waals surface area contributed by atoms with Gasteiger partial charge in [-0.3, -0.25) is 9.59 Å². The van der Waals surface area contributed by atoms with Gasteiger partial charge in [0.2, 0.25) is 0 Å². The van der Waals surface area contributed by atoms with E-state index < -0.39 is 15.5 Å². The highest BCUT2D eigenvalue weighted by Gasteiger charge is 2.12. The minimum atomic E-state index is -1.18. The molecule has 0 radical (unpaired) electrons. The van der Waals surface area contributed by atoms with Gasteiger partial charge in [0.15, 0.2) is 0 Å². The van der Waals surface area contributed by atoms with Gasteiger partial charge in [-0.1, -0.05) is 25.3 Å². The fourth-order valence-electron chi connectivity index (χ4n) is 0.109. The molecule has 0 aliphatic carbocycles. The van der Waals surface area contributed by atoms with Crippen LogP contribution in [0.2, 0.25) is 0 Å². The Morgan fingerprint density at radius 2 is 1.70 bits per heavy atom. The number of carbonyl (C=O) groups is 3. The summed E-state index contributed by atoms with van der Waals surface area (Å²) in [6, 6.07) is 0. The summed E-state index contributed by atoms with van der Waals surface area (Å²) < 4.78 is 3.29. The Bertz CT molecular complexity index is 177. The number of hydrogen-bond acceptors (Lipinski definition) is 5. The van der Waals surface area contributed by atoms with Gasteiger partial charge in [0.25, 0.3) is 9.56 Å². The Balaban J connectivity index is 3.60. The molecule has 0 saturated heterocycles. The second-order valence-electron chi connectivity index (χ2n) is 1.03. The van der Waals surface area contributed by atoms with E-state index >= 15 is 0 Å². The summed E-state index contributed by atoms with van der Waals surface area (Å²) in [5, 5.41) is -1.05. The third kappa shape index (κ3) is 4.71. The summed E-state index contributed by atoms with van der Waals surface area (Å²) in [7, 11) is 0. The first kappa shape index (κ1) is 9.86. The zero-order valence-electron chi connectivity index (χ0n) is 4.44. The largest absolute Gasteiger partial charge is 0.398 e. The molecular weight excluding hydrogens is 196 g/mol. The van der Waals surface area contributed by atoms with Crippen molar-refractivity contribution in [3.05, 3.63) is 0 Å². The average Bonchev–Trinajstić information content (AvgIpc) is 1.82. The lowest BCUT2D eigenvalue weighted by Crippen LogP contribution is -2.07. The Morgan fingerprint density at radius 3 is 2.00 bits per heavy atom. The van der Waals surface area contributed by atoms with Crippen LogP contribution in [-0.2, 0) is 13.8 Å². The first-order chi connectivity index (χ1) is 4.54. The van der Waals surface area contributed by atoms with Gasteiger partial charge in [-0.2, -0.15) is 0 Å². The van der Waals surface area contributed by atoms with Crippen molar-refractivity contribution >= 4 is 52.8 Å². The second kappa shape index (κ2) is 4.64. The minimum Gasteiger partial charge on any atom is -0.376 e. The summed E-state index contributed by atoms with van der Waals surface area (Å²) in [5.74, 6) is -1.18. The smallest absolute Gasteiger partial charge is 0.376 e. The highest BCUT2D eigenvalue weighted by atomic mass is 32.2. The third-order valence-corrected chi connectivity index (χ3v) is 1.15. The summed E-state index contributed by atoms with van der Waals surface area (Å²) in [6.45, 7) is 0. The predicted octanol–water partition coefficient (Wildman–Crippen LogP) is 0.684. The van der Waals surface area contributed by atoms with E-state index in [-0.39, 0.29) is 12.0 Å². The zero-order valence-corrected chi connectivity index (χ0v) is 7.04. The first-order valence-electron chi connectivity index (χ1n) is 1.88. The molecule has 0 N–H and O–H groups in total. The molecule has 0 spiro atoms. The molecule has 0 aromatic heterocycles. The van der Waals surface area contributed by atoms with E-state index in [9.17, 15) is 14.4 Å². The van der Waals surface area contributed by atoms with Crippen molar-refractivity contribution in [2.24, 2.45) is 0 Å². The number of hydrogen-bond donors (Lipinski definition) is 2. The van der Waals surface area contributed by atoms with Crippen LogP contribution in [0.3, 0.4) is 0 Å². The van der Waals surface area contributed by atoms with Crippen molar-refractivity contribution in [2.75, 3.05) is 0 Å². The maximum absolute atomic E-state index is 10.2. The molecule has 0 saturated carbocycles. The van der Waals surface area contributed by atoms with Crippen LogP contribution >= 0.6 is 37.3 Å². The molecule has 0 bridgehead atoms. The molecule has 0 heterocycles. The van der Waals surface area contributed by atoms with Gasteiger partial charge >= 0.3 is 5.97 Å². The Kier molecular flexibility index (Phi) is 4.58. The van der Waals surface area contributed by atoms with Crippen LogP contribution in [0.5, 0.6) is 0 Å². The molecule has 7 heteroatoms. The highest BCUT2D eigenvalue weighted by molar-refractivity contribution is 8.29. The van der Waals surface area contributed by atoms with Crippen molar-refractivity contribution in [1.82, 2.24) is 0 Å². The molecular formula is C3H2O4S3. The van der Waals surface area contributed by atoms with Crippen LogP contribution in [0.15, 0.2) is 0 Å². The normalized spacial score (nSPS) is 8.60. The van der Waals surface area contributed by atoms with Crippen molar-refractivity contribution in [3.8, 4) is 0 Å². The lowest BCUT2D eigenvalue weighted by molar-refractivity contribution is -0.141. The maximum atomic E-state index is 10.2.